The quantitative estimate of drug-likeness (QED) is 0.850. The Morgan fingerprint density at radius 1 is 1.09 bits per heavy atom. The molecule has 2 aromatic carbocycles. The van der Waals surface area contributed by atoms with Crippen molar-refractivity contribution in [2.75, 3.05) is 18.5 Å². The van der Waals surface area contributed by atoms with Gasteiger partial charge in [-0.25, -0.2) is 8.42 Å². The zero-order valence-corrected chi connectivity index (χ0v) is 13.2. The van der Waals surface area contributed by atoms with Crippen LogP contribution in [0.4, 0.5) is 5.69 Å². The second kappa shape index (κ2) is 6.50. The van der Waals surface area contributed by atoms with E-state index in [1.165, 1.54) is 30.6 Å². The molecule has 0 spiro atoms. The highest BCUT2D eigenvalue weighted by molar-refractivity contribution is 7.92. The summed E-state index contributed by atoms with van der Waals surface area (Å²) in [6, 6.07) is 15.2. The normalized spacial score (nSPS) is 10.8. The van der Waals surface area contributed by atoms with Crippen molar-refractivity contribution in [1.29, 1.82) is 5.26 Å². The number of hydrogen-bond acceptors (Lipinski definition) is 4. The summed E-state index contributed by atoms with van der Waals surface area (Å²) in [6.07, 6.45) is 0.301. The van der Waals surface area contributed by atoms with Crippen molar-refractivity contribution in [2.24, 2.45) is 0 Å². The fraction of sp³-hybridized carbons (Fsp3) is 0.188. The SMILES string of the molecule is COc1ccc(S(=O)(=O)N(C)c2ccc(CC#N)cc2)cc1. The molecule has 0 aliphatic rings. The van der Waals surface area contributed by atoms with Crippen LogP contribution in [-0.4, -0.2) is 22.6 Å². The predicted molar refractivity (Wildman–Crippen MR) is 84.3 cm³/mol. The molecule has 0 N–H and O–H groups in total. The molecular weight excluding hydrogens is 300 g/mol. The summed E-state index contributed by atoms with van der Waals surface area (Å²) in [4.78, 5) is 0.192. The Hall–Kier alpha value is -2.52. The Labute approximate surface area is 130 Å². The zero-order valence-electron chi connectivity index (χ0n) is 12.4. The number of methoxy groups -OCH3 is 1. The van der Waals surface area contributed by atoms with Crippen LogP contribution in [0.25, 0.3) is 0 Å². The van der Waals surface area contributed by atoms with E-state index >= 15 is 0 Å². The molecule has 0 aliphatic heterocycles. The van der Waals surface area contributed by atoms with Gasteiger partial charge in [-0.05, 0) is 42.0 Å². The average Bonchev–Trinajstić information content (AvgIpc) is 2.55. The fourth-order valence-corrected chi connectivity index (χ4v) is 3.16. The molecule has 2 aromatic rings. The molecule has 22 heavy (non-hydrogen) atoms. The molecule has 0 bridgehead atoms. The van der Waals surface area contributed by atoms with E-state index < -0.39 is 10.0 Å². The Kier molecular flexibility index (Phi) is 4.68. The van der Waals surface area contributed by atoms with Gasteiger partial charge < -0.3 is 4.74 Å². The van der Waals surface area contributed by atoms with Crippen LogP contribution in [0.5, 0.6) is 5.75 Å². The molecule has 0 atom stereocenters. The number of nitrogens with zero attached hydrogens (tertiary/aromatic N) is 2. The molecule has 0 fully saturated rings. The fourth-order valence-electron chi connectivity index (χ4n) is 1.96. The number of rotatable bonds is 5. The van der Waals surface area contributed by atoms with E-state index in [9.17, 15) is 8.42 Å². The maximum Gasteiger partial charge on any atom is 0.264 e. The third kappa shape index (κ3) is 3.21. The van der Waals surface area contributed by atoms with E-state index in [-0.39, 0.29) is 4.90 Å². The third-order valence-corrected chi connectivity index (χ3v) is 5.10. The highest BCUT2D eigenvalue weighted by Crippen LogP contribution is 2.24. The van der Waals surface area contributed by atoms with E-state index in [0.717, 1.165) is 5.56 Å². The Bertz CT molecular complexity index is 776. The molecule has 5 nitrogen and oxygen atoms in total. The molecular formula is C16H16N2O3S. The number of nitriles is 1. The minimum absolute atomic E-state index is 0.192. The summed E-state index contributed by atoms with van der Waals surface area (Å²) >= 11 is 0. The van der Waals surface area contributed by atoms with Gasteiger partial charge >= 0.3 is 0 Å². The highest BCUT2D eigenvalue weighted by Gasteiger charge is 2.21. The second-order valence-electron chi connectivity index (χ2n) is 4.65. The predicted octanol–water partition coefficient (Wildman–Crippen LogP) is 2.59. The number of sulfonamides is 1. The monoisotopic (exact) mass is 316 g/mol. The number of ether oxygens (including phenoxy) is 1. The number of hydrogen-bond donors (Lipinski definition) is 0. The van der Waals surface area contributed by atoms with E-state index in [4.69, 9.17) is 10.00 Å². The van der Waals surface area contributed by atoms with Gasteiger partial charge in [-0.3, -0.25) is 4.31 Å². The van der Waals surface area contributed by atoms with Crippen LogP contribution in [0, 0.1) is 11.3 Å². The van der Waals surface area contributed by atoms with Crippen molar-refractivity contribution in [3.8, 4) is 11.8 Å². The van der Waals surface area contributed by atoms with Crippen LogP contribution in [0.2, 0.25) is 0 Å². The van der Waals surface area contributed by atoms with Crippen molar-refractivity contribution in [3.05, 3.63) is 54.1 Å². The first-order chi connectivity index (χ1) is 10.5. The molecule has 0 radical (unpaired) electrons. The number of benzene rings is 2. The summed E-state index contributed by atoms with van der Waals surface area (Å²) < 4.78 is 31.4. The van der Waals surface area contributed by atoms with Crippen molar-refractivity contribution in [1.82, 2.24) is 0 Å². The van der Waals surface area contributed by atoms with E-state index in [1.54, 1.807) is 36.4 Å². The molecule has 114 valence electrons. The molecule has 0 amide bonds. The Morgan fingerprint density at radius 2 is 1.68 bits per heavy atom. The summed E-state index contributed by atoms with van der Waals surface area (Å²) in [6.45, 7) is 0. The lowest BCUT2D eigenvalue weighted by atomic mass is 10.1. The lowest BCUT2D eigenvalue weighted by Gasteiger charge is -2.19. The second-order valence-corrected chi connectivity index (χ2v) is 6.62. The van der Waals surface area contributed by atoms with Crippen LogP contribution in [-0.2, 0) is 16.4 Å². The molecule has 6 heteroatoms. The molecule has 2 rings (SSSR count). The zero-order chi connectivity index (χ0) is 16.2. The Morgan fingerprint density at radius 3 is 2.18 bits per heavy atom. The molecule has 0 saturated heterocycles. The average molecular weight is 316 g/mol. The largest absolute Gasteiger partial charge is 0.497 e. The van der Waals surface area contributed by atoms with Gasteiger partial charge in [0.2, 0.25) is 0 Å². The standard InChI is InChI=1S/C16H16N2O3S/c1-18(14-5-3-13(4-6-14)11-12-17)22(19,20)16-9-7-15(21-2)8-10-16/h3-10H,11H2,1-2H3. The van der Waals surface area contributed by atoms with Gasteiger partial charge in [0.05, 0.1) is 30.2 Å². The molecule has 0 aromatic heterocycles. The molecule has 0 unspecified atom stereocenters. The van der Waals surface area contributed by atoms with Crippen LogP contribution < -0.4 is 9.04 Å². The van der Waals surface area contributed by atoms with Gasteiger partial charge in [-0.15, -0.1) is 0 Å². The molecule has 0 aliphatic carbocycles. The topological polar surface area (TPSA) is 70.4 Å². The van der Waals surface area contributed by atoms with E-state index in [0.29, 0.717) is 17.9 Å². The Balaban J connectivity index is 2.29. The maximum absolute atomic E-state index is 12.6. The van der Waals surface area contributed by atoms with E-state index in [1.807, 2.05) is 0 Å². The van der Waals surface area contributed by atoms with Crippen LogP contribution in [0.3, 0.4) is 0 Å². The summed E-state index contributed by atoms with van der Waals surface area (Å²) in [5.41, 5.74) is 1.39. The minimum atomic E-state index is -3.63. The van der Waals surface area contributed by atoms with Crippen LogP contribution in [0.1, 0.15) is 5.56 Å². The van der Waals surface area contributed by atoms with Crippen molar-refractivity contribution in [2.45, 2.75) is 11.3 Å². The van der Waals surface area contributed by atoms with Crippen molar-refractivity contribution in [3.63, 3.8) is 0 Å². The lowest BCUT2D eigenvalue weighted by Crippen LogP contribution is -2.26. The lowest BCUT2D eigenvalue weighted by molar-refractivity contribution is 0.414. The first-order valence-electron chi connectivity index (χ1n) is 6.58. The third-order valence-electron chi connectivity index (χ3n) is 3.30. The van der Waals surface area contributed by atoms with Gasteiger partial charge in [0.15, 0.2) is 0 Å². The number of anilines is 1. The van der Waals surface area contributed by atoms with Crippen molar-refractivity contribution < 1.29 is 13.2 Å². The smallest absolute Gasteiger partial charge is 0.264 e. The van der Waals surface area contributed by atoms with Gasteiger partial charge in [0, 0.05) is 7.05 Å². The highest BCUT2D eigenvalue weighted by atomic mass is 32.2. The molecule has 0 heterocycles. The first-order valence-corrected chi connectivity index (χ1v) is 8.02. The van der Waals surface area contributed by atoms with Gasteiger partial charge in [0.1, 0.15) is 5.75 Å². The minimum Gasteiger partial charge on any atom is -0.497 e. The van der Waals surface area contributed by atoms with Gasteiger partial charge in [0.25, 0.3) is 10.0 Å². The van der Waals surface area contributed by atoms with E-state index in [2.05, 4.69) is 6.07 Å². The van der Waals surface area contributed by atoms with Gasteiger partial charge in [-0.2, -0.15) is 5.26 Å². The summed E-state index contributed by atoms with van der Waals surface area (Å²) in [5, 5.41) is 8.65. The van der Waals surface area contributed by atoms with Crippen LogP contribution in [0.15, 0.2) is 53.4 Å². The summed E-state index contributed by atoms with van der Waals surface area (Å²) in [7, 11) is -0.604. The van der Waals surface area contributed by atoms with Gasteiger partial charge in [-0.1, -0.05) is 12.1 Å². The molecule has 0 saturated carbocycles. The van der Waals surface area contributed by atoms with Crippen molar-refractivity contribution >= 4 is 15.7 Å². The summed E-state index contributed by atoms with van der Waals surface area (Å²) in [5.74, 6) is 0.599. The maximum atomic E-state index is 12.6. The van der Waals surface area contributed by atoms with Crippen LogP contribution >= 0.6 is 0 Å². The first kappa shape index (κ1) is 15.9.